The number of nitriles is 1. The van der Waals surface area contributed by atoms with Gasteiger partial charge in [-0.2, -0.15) is 5.26 Å². The Morgan fingerprint density at radius 3 is 2.29 bits per heavy atom. The van der Waals surface area contributed by atoms with Gasteiger partial charge in [0.25, 0.3) is 0 Å². The molecule has 1 saturated carbocycles. The van der Waals surface area contributed by atoms with Crippen LogP contribution in [0.15, 0.2) is 12.1 Å². The zero-order valence-corrected chi connectivity index (χ0v) is 12.5. The predicted octanol–water partition coefficient (Wildman–Crippen LogP) is 4.28. The van der Waals surface area contributed by atoms with Gasteiger partial charge >= 0.3 is 0 Å². The third-order valence-electron chi connectivity index (χ3n) is 4.48. The van der Waals surface area contributed by atoms with E-state index in [1.54, 1.807) is 6.07 Å². The summed E-state index contributed by atoms with van der Waals surface area (Å²) in [7, 11) is 0. The Morgan fingerprint density at radius 2 is 1.76 bits per heavy atom. The number of nitrogens with one attached hydrogen (secondary N) is 1. The van der Waals surface area contributed by atoms with Gasteiger partial charge in [-0.25, -0.2) is 8.78 Å². The van der Waals surface area contributed by atoms with Gasteiger partial charge in [0, 0.05) is 18.2 Å². The van der Waals surface area contributed by atoms with Crippen LogP contribution in [0.1, 0.15) is 56.6 Å². The van der Waals surface area contributed by atoms with Crippen LogP contribution in [-0.4, -0.2) is 6.04 Å². The molecule has 1 fully saturated rings. The number of nitrogens with zero attached hydrogens (tertiary/aromatic N) is 1. The summed E-state index contributed by atoms with van der Waals surface area (Å²) in [5.41, 5.74) is 0.0417. The van der Waals surface area contributed by atoms with E-state index in [1.807, 2.05) is 0 Å². The smallest absolute Gasteiger partial charge is 0.131 e. The van der Waals surface area contributed by atoms with Crippen molar-refractivity contribution in [1.29, 1.82) is 5.26 Å². The summed E-state index contributed by atoms with van der Waals surface area (Å²) in [4.78, 5) is 0. The largest absolute Gasteiger partial charge is 0.310 e. The Labute approximate surface area is 125 Å². The summed E-state index contributed by atoms with van der Waals surface area (Å²) in [6.07, 6.45) is 7.45. The van der Waals surface area contributed by atoms with Crippen molar-refractivity contribution in [2.45, 2.75) is 58.0 Å². The van der Waals surface area contributed by atoms with Crippen molar-refractivity contribution in [3.8, 4) is 6.07 Å². The van der Waals surface area contributed by atoms with Crippen LogP contribution in [0.4, 0.5) is 8.78 Å². The van der Waals surface area contributed by atoms with Crippen LogP contribution in [0, 0.1) is 28.9 Å². The second-order valence-electron chi connectivity index (χ2n) is 5.95. The SMILES string of the molecule is C[C@H](NCc1c(F)cc(C#N)cc1F)C1CCCCCC1. The molecule has 0 spiro atoms. The summed E-state index contributed by atoms with van der Waals surface area (Å²) >= 11 is 0. The molecule has 0 heterocycles. The van der Waals surface area contributed by atoms with Crippen molar-refractivity contribution in [2.24, 2.45) is 5.92 Å². The molecular formula is C17H22F2N2. The monoisotopic (exact) mass is 292 g/mol. The maximum Gasteiger partial charge on any atom is 0.131 e. The summed E-state index contributed by atoms with van der Waals surface area (Å²) in [5, 5.41) is 11.9. The minimum absolute atomic E-state index is 0.0190. The fourth-order valence-corrected chi connectivity index (χ4v) is 3.08. The molecule has 0 bridgehead atoms. The highest BCUT2D eigenvalue weighted by Gasteiger charge is 2.20. The molecule has 0 amide bonds. The van der Waals surface area contributed by atoms with Gasteiger partial charge < -0.3 is 5.32 Å². The molecule has 1 aromatic rings. The van der Waals surface area contributed by atoms with E-state index in [0.717, 1.165) is 12.1 Å². The third kappa shape index (κ3) is 4.25. The molecule has 21 heavy (non-hydrogen) atoms. The number of rotatable bonds is 4. The molecule has 0 radical (unpaired) electrons. The predicted molar refractivity (Wildman–Crippen MR) is 78.6 cm³/mol. The topological polar surface area (TPSA) is 35.8 Å². The lowest BCUT2D eigenvalue weighted by Crippen LogP contribution is -2.33. The maximum absolute atomic E-state index is 13.8. The lowest BCUT2D eigenvalue weighted by atomic mass is 9.93. The molecule has 0 aromatic heterocycles. The Bertz CT molecular complexity index is 491. The van der Waals surface area contributed by atoms with Crippen molar-refractivity contribution in [1.82, 2.24) is 5.32 Å². The van der Waals surface area contributed by atoms with Crippen LogP contribution in [-0.2, 0) is 6.54 Å². The van der Waals surface area contributed by atoms with E-state index < -0.39 is 11.6 Å². The molecule has 0 saturated heterocycles. The quantitative estimate of drug-likeness (QED) is 0.841. The first-order chi connectivity index (χ1) is 10.1. The maximum atomic E-state index is 13.8. The van der Waals surface area contributed by atoms with Gasteiger partial charge in [0.15, 0.2) is 0 Å². The first kappa shape index (κ1) is 15.9. The van der Waals surface area contributed by atoms with Gasteiger partial charge in [0.05, 0.1) is 11.6 Å². The van der Waals surface area contributed by atoms with Crippen molar-refractivity contribution in [3.05, 3.63) is 34.9 Å². The van der Waals surface area contributed by atoms with Crippen molar-refractivity contribution in [2.75, 3.05) is 0 Å². The zero-order chi connectivity index (χ0) is 15.2. The van der Waals surface area contributed by atoms with Gasteiger partial charge in [0.2, 0.25) is 0 Å². The van der Waals surface area contributed by atoms with Gasteiger partial charge in [-0.15, -0.1) is 0 Å². The summed E-state index contributed by atoms with van der Waals surface area (Å²) < 4.78 is 27.6. The van der Waals surface area contributed by atoms with E-state index in [1.165, 1.54) is 38.5 Å². The van der Waals surface area contributed by atoms with E-state index >= 15 is 0 Å². The average molecular weight is 292 g/mol. The molecule has 2 rings (SSSR count). The van der Waals surface area contributed by atoms with E-state index in [9.17, 15) is 8.78 Å². The summed E-state index contributed by atoms with van der Waals surface area (Å²) in [5.74, 6) is -0.712. The molecule has 1 N–H and O–H groups in total. The second kappa shape index (κ2) is 7.51. The highest BCUT2D eigenvalue weighted by Crippen LogP contribution is 2.26. The summed E-state index contributed by atoms with van der Waals surface area (Å²) in [6, 6.07) is 4.19. The fraction of sp³-hybridized carbons (Fsp3) is 0.588. The van der Waals surface area contributed by atoms with E-state index in [4.69, 9.17) is 5.26 Å². The first-order valence-electron chi connectivity index (χ1n) is 7.73. The summed E-state index contributed by atoms with van der Waals surface area (Å²) in [6.45, 7) is 2.26. The standard InChI is InChI=1S/C17H22F2N2/c1-12(14-6-4-2-3-5-7-14)21-11-15-16(18)8-13(10-20)9-17(15)19/h8-9,12,14,21H,2-7,11H2,1H3/t12-/m0/s1. The van der Waals surface area contributed by atoms with E-state index in [0.29, 0.717) is 5.92 Å². The molecule has 0 unspecified atom stereocenters. The lowest BCUT2D eigenvalue weighted by Gasteiger charge is -2.24. The first-order valence-corrected chi connectivity index (χ1v) is 7.73. The van der Waals surface area contributed by atoms with Crippen LogP contribution < -0.4 is 5.32 Å². The highest BCUT2D eigenvalue weighted by atomic mass is 19.1. The average Bonchev–Trinajstić information content (AvgIpc) is 2.75. The Morgan fingerprint density at radius 1 is 1.19 bits per heavy atom. The lowest BCUT2D eigenvalue weighted by molar-refractivity contribution is 0.333. The van der Waals surface area contributed by atoms with Crippen LogP contribution >= 0.6 is 0 Å². The van der Waals surface area contributed by atoms with Gasteiger partial charge in [-0.1, -0.05) is 25.7 Å². The van der Waals surface area contributed by atoms with E-state index in [-0.39, 0.29) is 23.7 Å². The third-order valence-corrected chi connectivity index (χ3v) is 4.48. The molecular weight excluding hydrogens is 270 g/mol. The number of halogens is 2. The Hall–Kier alpha value is -1.47. The molecule has 1 atom stereocenters. The Balaban J connectivity index is 1.97. The van der Waals surface area contributed by atoms with Crippen LogP contribution in [0.5, 0.6) is 0 Å². The minimum Gasteiger partial charge on any atom is -0.310 e. The molecule has 0 aliphatic heterocycles. The van der Waals surface area contributed by atoms with Gasteiger partial charge in [0.1, 0.15) is 11.6 Å². The molecule has 1 aliphatic rings. The molecule has 1 aliphatic carbocycles. The highest BCUT2D eigenvalue weighted by molar-refractivity contribution is 5.34. The molecule has 2 nitrogen and oxygen atoms in total. The number of hydrogen-bond donors (Lipinski definition) is 1. The van der Waals surface area contributed by atoms with Gasteiger partial charge in [-0.3, -0.25) is 0 Å². The van der Waals surface area contributed by atoms with Crippen LogP contribution in [0.2, 0.25) is 0 Å². The van der Waals surface area contributed by atoms with Gasteiger partial charge in [-0.05, 0) is 37.8 Å². The zero-order valence-electron chi connectivity index (χ0n) is 12.5. The normalized spacial score (nSPS) is 18.0. The Kier molecular flexibility index (Phi) is 5.69. The fourth-order valence-electron chi connectivity index (χ4n) is 3.08. The number of hydrogen-bond acceptors (Lipinski definition) is 2. The van der Waals surface area contributed by atoms with Crippen molar-refractivity contribution in [3.63, 3.8) is 0 Å². The molecule has 114 valence electrons. The van der Waals surface area contributed by atoms with Crippen molar-refractivity contribution < 1.29 is 8.78 Å². The van der Waals surface area contributed by atoms with E-state index in [2.05, 4.69) is 12.2 Å². The minimum atomic E-state index is -0.646. The molecule has 4 heteroatoms. The second-order valence-corrected chi connectivity index (χ2v) is 5.95. The van der Waals surface area contributed by atoms with Crippen molar-refractivity contribution >= 4 is 0 Å². The van der Waals surface area contributed by atoms with Crippen LogP contribution in [0.3, 0.4) is 0 Å². The number of benzene rings is 1. The van der Waals surface area contributed by atoms with Crippen LogP contribution in [0.25, 0.3) is 0 Å². The molecule has 1 aromatic carbocycles.